The van der Waals surface area contributed by atoms with E-state index in [1.165, 1.54) is 23.3 Å². The van der Waals surface area contributed by atoms with Crippen molar-refractivity contribution in [3.05, 3.63) is 138 Å². The Morgan fingerprint density at radius 2 is 1.48 bits per heavy atom. The molecule has 3 aromatic rings. The molecule has 0 saturated heterocycles. The molecule has 0 aliphatic rings. The van der Waals surface area contributed by atoms with Gasteiger partial charge in [0.2, 0.25) is 0 Å². The van der Waals surface area contributed by atoms with Crippen molar-refractivity contribution in [1.82, 2.24) is 0 Å². The summed E-state index contributed by atoms with van der Waals surface area (Å²) in [5, 5.41) is 5.71. The number of halogens is 1. The van der Waals surface area contributed by atoms with Gasteiger partial charge in [0.15, 0.2) is 0 Å². The van der Waals surface area contributed by atoms with Gasteiger partial charge in [0.25, 0.3) is 0 Å². The van der Waals surface area contributed by atoms with Crippen LogP contribution < -0.4 is 5.14 Å². The van der Waals surface area contributed by atoms with Crippen LogP contribution in [0.15, 0.2) is 127 Å². The van der Waals surface area contributed by atoms with Gasteiger partial charge in [0.05, 0.1) is 0 Å². The van der Waals surface area contributed by atoms with Crippen molar-refractivity contribution in [2.45, 2.75) is 11.8 Å². The van der Waals surface area contributed by atoms with Crippen LogP contribution >= 0.6 is 10.7 Å². The molecule has 0 aliphatic carbocycles. The molecule has 0 fully saturated rings. The molecule has 3 aromatic carbocycles. The van der Waals surface area contributed by atoms with Gasteiger partial charge in [-0.05, 0) is 53.5 Å². The van der Waals surface area contributed by atoms with Crippen molar-refractivity contribution in [2.75, 3.05) is 0 Å². The molecule has 158 valence electrons. The highest BCUT2D eigenvalue weighted by Crippen LogP contribution is 2.20. The highest BCUT2D eigenvalue weighted by Gasteiger charge is 1.99. The number of benzene rings is 3. The van der Waals surface area contributed by atoms with E-state index in [1.54, 1.807) is 19.1 Å². The van der Waals surface area contributed by atoms with Crippen molar-refractivity contribution in [1.29, 1.82) is 0 Å². The fraction of sp³-hybridized carbons (Fsp3) is 0.0357. The summed E-state index contributed by atoms with van der Waals surface area (Å²) >= 11 is 0. The van der Waals surface area contributed by atoms with Crippen molar-refractivity contribution in [2.24, 2.45) is 5.14 Å². The molecule has 31 heavy (non-hydrogen) atoms. The second-order valence-corrected chi connectivity index (χ2v) is 7.95. The predicted molar refractivity (Wildman–Crippen MR) is 138 cm³/mol. The standard InChI is InChI=1S/C14H16FNS.C14H12/c1-3-6-13(15)9-4-7-12-8-5-10-14(11-12)17(2)16;1-12(13-8-4-2-5-9-13)14-10-6-3-7-11-14/h3-11H,2,16H2,1H3;2-11H,1H2/b6-3-,7-4+,13-9+;. The second kappa shape index (κ2) is 13.1. The lowest BCUT2D eigenvalue weighted by atomic mass is 10.0. The first kappa shape index (κ1) is 24.0. The Morgan fingerprint density at radius 3 is 2.00 bits per heavy atom. The molecule has 1 atom stereocenters. The van der Waals surface area contributed by atoms with E-state index in [-0.39, 0.29) is 5.83 Å². The van der Waals surface area contributed by atoms with E-state index in [0.717, 1.165) is 16.0 Å². The lowest BCUT2D eigenvalue weighted by Gasteiger charge is -2.04. The first-order valence-corrected chi connectivity index (χ1v) is 11.3. The Morgan fingerprint density at radius 1 is 0.903 bits per heavy atom. The molecule has 0 radical (unpaired) electrons. The topological polar surface area (TPSA) is 26.0 Å². The fourth-order valence-corrected chi connectivity index (χ4v) is 3.23. The monoisotopic (exact) mass is 429 g/mol. The number of rotatable bonds is 6. The molecule has 0 bridgehead atoms. The maximum absolute atomic E-state index is 13.0. The van der Waals surface area contributed by atoms with Gasteiger partial charge in [-0.1, -0.05) is 114 Å². The summed E-state index contributed by atoms with van der Waals surface area (Å²) in [5.41, 5.74) is 4.42. The van der Waals surface area contributed by atoms with Crippen LogP contribution in [-0.4, -0.2) is 5.87 Å². The van der Waals surface area contributed by atoms with Crippen molar-refractivity contribution < 1.29 is 4.39 Å². The van der Waals surface area contributed by atoms with Crippen molar-refractivity contribution in [3.8, 4) is 0 Å². The van der Waals surface area contributed by atoms with Gasteiger partial charge in [-0.3, -0.25) is 5.14 Å². The normalized spacial score (nSPS) is 12.4. The average Bonchev–Trinajstić information content (AvgIpc) is 2.80. The number of hydrogen-bond acceptors (Lipinski definition) is 1. The third kappa shape index (κ3) is 8.55. The molecule has 1 nitrogen and oxygen atoms in total. The first-order valence-electron chi connectivity index (χ1n) is 9.86. The molecular formula is C28H28FNS. The summed E-state index contributed by atoms with van der Waals surface area (Å²) < 4.78 is 13.0. The van der Waals surface area contributed by atoms with Crippen molar-refractivity contribution in [3.63, 3.8) is 0 Å². The number of hydrogen-bond donors (Lipinski definition) is 1. The van der Waals surface area contributed by atoms with Crippen LogP contribution in [0.25, 0.3) is 11.6 Å². The van der Waals surface area contributed by atoms with E-state index >= 15 is 0 Å². The molecule has 0 aromatic heterocycles. The largest absolute Gasteiger partial charge is 0.280 e. The van der Waals surface area contributed by atoms with Crippen LogP contribution in [0.4, 0.5) is 4.39 Å². The second-order valence-electron chi connectivity index (χ2n) is 6.62. The average molecular weight is 430 g/mol. The van der Waals surface area contributed by atoms with E-state index in [4.69, 9.17) is 5.14 Å². The summed E-state index contributed by atoms with van der Waals surface area (Å²) in [4.78, 5) is 0.991. The van der Waals surface area contributed by atoms with Gasteiger partial charge < -0.3 is 0 Å². The Hall–Kier alpha value is -3.27. The summed E-state index contributed by atoms with van der Waals surface area (Å²) in [6.45, 7) is 5.87. The molecule has 2 N–H and O–H groups in total. The van der Waals surface area contributed by atoms with Crippen LogP contribution in [0.5, 0.6) is 0 Å². The zero-order chi connectivity index (χ0) is 22.5. The Labute approximate surface area is 187 Å². The van der Waals surface area contributed by atoms with Gasteiger partial charge in [-0.2, -0.15) is 0 Å². The molecule has 0 aliphatic heterocycles. The Bertz CT molecular complexity index is 1040. The highest BCUT2D eigenvalue weighted by molar-refractivity contribution is 8.12. The van der Waals surface area contributed by atoms with Crippen molar-refractivity contribution >= 4 is 28.2 Å². The van der Waals surface area contributed by atoms with Crippen LogP contribution in [0.1, 0.15) is 23.6 Å². The predicted octanol–water partition coefficient (Wildman–Crippen LogP) is 7.81. The molecule has 1 unspecified atom stereocenters. The highest BCUT2D eigenvalue weighted by atomic mass is 32.2. The molecular weight excluding hydrogens is 401 g/mol. The summed E-state index contributed by atoms with van der Waals surface area (Å²) in [5.74, 6) is 3.52. The van der Waals surface area contributed by atoms with Crippen LogP contribution in [0.2, 0.25) is 0 Å². The van der Waals surface area contributed by atoms with E-state index in [9.17, 15) is 4.39 Å². The lowest BCUT2D eigenvalue weighted by molar-refractivity contribution is 0.667. The van der Waals surface area contributed by atoms with E-state index in [2.05, 4.69) is 36.7 Å². The van der Waals surface area contributed by atoms with Crippen LogP contribution in [-0.2, 0) is 0 Å². The molecule has 0 saturated carbocycles. The summed E-state index contributed by atoms with van der Waals surface area (Å²) in [6.07, 6.45) is 7.99. The van der Waals surface area contributed by atoms with E-state index < -0.39 is 10.7 Å². The minimum Gasteiger partial charge on any atom is -0.280 e. The van der Waals surface area contributed by atoms with E-state index in [0.29, 0.717) is 0 Å². The summed E-state index contributed by atoms with van der Waals surface area (Å²) in [6, 6.07) is 28.2. The third-order valence-electron chi connectivity index (χ3n) is 4.28. The number of nitrogens with two attached hydrogens (primary N) is 1. The number of allylic oxidation sites excluding steroid dienone is 5. The Kier molecular flexibility index (Phi) is 10.2. The van der Waals surface area contributed by atoms with E-state index in [1.807, 2.05) is 66.7 Å². The summed E-state index contributed by atoms with van der Waals surface area (Å²) in [7, 11) is -0.491. The van der Waals surface area contributed by atoms with Gasteiger partial charge in [-0.15, -0.1) is 0 Å². The molecule has 0 spiro atoms. The Balaban J connectivity index is 0.000000224. The maximum Gasteiger partial charge on any atom is 0.122 e. The lowest BCUT2D eigenvalue weighted by Crippen LogP contribution is -1.85. The quantitative estimate of drug-likeness (QED) is 0.314. The van der Waals surface area contributed by atoms with Gasteiger partial charge >= 0.3 is 0 Å². The molecule has 0 heterocycles. The molecule has 3 rings (SSSR count). The van der Waals surface area contributed by atoms with Crippen LogP contribution in [0, 0.1) is 0 Å². The molecule has 0 amide bonds. The zero-order valence-corrected chi connectivity index (χ0v) is 18.6. The van der Waals surface area contributed by atoms with Crippen LogP contribution in [0.3, 0.4) is 0 Å². The first-order chi connectivity index (χ1) is 15.0. The van der Waals surface area contributed by atoms with Gasteiger partial charge in [-0.25, -0.2) is 4.39 Å². The van der Waals surface area contributed by atoms with Gasteiger partial charge in [0, 0.05) is 4.90 Å². The zero-order valence-electron chi connectivity index (χ0n) is 17.7. The minimum absolute atomic E-state index is 0.268. The maximum atomic E-state index is 13.0. The molecule has 3 heteroatoms. The smallest absolute Gasteiger partial charge is 0.122 e. The fourth-order valence-electron chi connectivity index (χ4n) is 2.69. The van der Waals surface area contributed by atoms with Gasteiger partial charge in [0.1, 0.15) is 5.83 Å². The third-order valence-corrected chi connectivity index (χ3v) is 5.13. The SMILES string of the molecule is C=C(c1ccccc1)c1ccccc1.C=S(N)c1cccc(/C=C/C=C(F)\C=C/C)c1. The minimum atomic E-state index is -0.491.